The number of piperazine rings is 1. The van der Waals surface area contributed by atoms with Crippen molar-refractivity contribution in [3.63, 3.8) is 0 Å². The molecule has 0 bridgehead atoms. The number of hydrogen-bond donors (Lipinski definition) is 1. The van der Waals surface area contributed by atoms with Crippen LogP contribution in [0.2, 0.25) is 0 Å². The molecule has 1 N–H and O–H groups in total. The molecule has 2 aliphatic heterocycles. The first-order valence-electron chi connectivity index (χ1n) is 9.75. The van der Waals surface area contributed by atoms with Gasteiger partial charge in [-0.05, 0) is 32.1 Å². The van der Waals surface area contributed by atoms with Crippen molar-refractivity contribution in [2.45, 2.75) is 19.8 Å². The minimum Gasteiger partial charge on any atom is -0.370 e. The standard InChI is InChI=1S/C20H26N6OS/c1-20(14-21)4-7-24(8-5-20)17-15-3-6-22-18(15)23-13-16(17)19(27)25-9-11-26(28-2)12-10-25/h3,6,13H,4-5,7-12H2,1-2H3,(H,22,23). The predicted molar refractivity (Wildman–Crippen MR) is 112 cm³/mol. The fraction of sp³-hybridized carbons (Fsp3) is 0.550. The van der Waals surface area contributed by atoms with Crippen molar-refractivity contribution in [3.8, 4) is 6.07 Å². The zero-order chi connectivity index (χ0) is 19.7. The van der Waals surface area contributed by atoms with Gasteiger partial charge in [0.05, 0.1) is 22.7 Å². The summed E-state index contributed by atoms with van der Waals surface area (Å²) in [5, 5.41) is 10.4. The van der Waals surface area contributed by atoms with Crippen LogP contribution < -0.4 is 4.90 Å². The number of anilines is 1. The molecule has 7 nitrogen and oxygen atoms in total. The summed E-state index contributed by atoms with van der Waals surface area (Å²) in [6, 6.07) is 4.45. The number of H-pyrrole nitrogens is 1. The summed E-state index contributed by atoms with van der Waals surface area (Å²) in [4.78, 5) is 25.2. The second kappa shape index (κ2) is 7.64. The molecule has 2 saturated heterocycles. The summed E-state index contributed by atoms with van der Waals surface area (Å²) >= 11 is 1.73. The van der Waals surface area contributed by atoms with Gasteiger partial charge in [0.15, 0.2) is 0 Å². The zero-order valence-electron chi connectivity index (χ0n) is 16.4. The van der Waals surface area contributed by atoms with Crippen LogP contribution in [-0.4, -0.2) is 70.6 Å². The number of carbonyl (C=O) groups excluding carboxylic acids is 1. The number of piperidine rings is 1. The Balaban J connectivity index is 1.65. The monoisotopic (exact) mass is 398 g/mol. The largest absolute Gasteiger partial charge is 0.370 e. The van der Waals surface area contributed by atoms with E-state index in [1.54, 1.807) is 18.1 Å². The van der Waals surface area contributed by atoms with Gasteiger partial charge in [0, 0.05) is 57.0 Å². The lowest BCUT2D eigenvalue weighted by atomic mass is 9.81. The summed E-state index contributed by atoms with van der Waals surface area (Å²) in [6.45, 7) is 6.80. The molecule has 0 radical (unpaired) electrons. The van der Waals surface area contributed by atoms with Gasteiger partial charge in [-0.15, -0.1) is 0 Å². The molecule has 28 heavy (non-hydrogen) atoms. The van der Waals surface area contributed by atoms with Crippen LogP contribution in [0.4, 0.5) is 5.69 Å². The number of nitrogens with zero attached hydrogens (tertiary/aromatic N) is 5. The number of hydrogen-bond acceptors (Lipinski definition) is 6. The van der Waals surface area contributed by atoms with Crippen molar-refractivity contribution in [1.82, 2.24) is 19.2 Å². The Bertz CT molecular complexity index is 903. The van der Waals surface area contributed by atoms with Crippen molar-refractivity contribution in [2.24, 2.45) is 5.41 Å². The SMILES string of the molecule is CSN1CCN(C(=O)c2cnc3[nH]ccc3c2N2CCC(C)(C#N)CC2)CC1. The van der Waals surface area contributed by atoms with Gasteiger partial charge in [0.2, 0.25) is 0 Å². The van der Waals surface area contributed by atoms with Crippen molar-refractivity contribution >= 4 is 34.6 Å². The molecule has 0 aromatic carbocycles. The Morgan fingerprint density at radius 1 is 1.25 bits per heavy atom. The minimum absolute atomic E-state index is 0.0555. The summed E-state index contributed by atoms with van der Waals surface area (Å²) in [5.41, 5.74) is 2.15. The van der Waals surface area contributed by atoms with Gasteiger partial charge in [-0.2, -0.15) is 5.26 Å². The molecule has 0 unspecified atom stereocenters. The van der Waals surface area contributed by atoms with Gasteiger partial charge in [0.1, 0.15) is 5.65 Å². The van der Waals surface area contributed by atoms with Crippen molar-refractivity contribution in [2.75, 3.05) is 50.4 Å². The Kier molecular flexibility index (Phi) is 5.21. The van der Waals surface area contributed by atoms with Crippen LogP contribution in [0, 0.1) is 16.7 Å². The Morgan fingerprint density at radius 3 is 2.61 bits per heavy atom. The fourth-order valence-electron chi connectivity index (χ4n) is 4.07. The Labute approximate surface area is 169 Å². The average molecular weight is 399 g/mol. The molecule has 2 aromatic heterocycles. The quantitative estimate of drug-likeness (QED) is 0.801. The third kappa shape index (κ3) is 3.45. The first kappa shape index (κ1) is 19.1. The molecule has 2 fully saturated rings. The van der Waals surface area contributed by atoms with E-state index in [1.807, 2.05) is 24.1 Å². The van der Waals surface area contributed by atoms with Gasteiger partial charge in [-0.3, -0.25) is 4.79 Å². The third-order valence-electron chi connectivity index (χ3n) is 6.03. The van der Waals surface area contributed by atoms with E-state index in [9.17, 15) is 10.1 Å². The van der Waals surface area contributed by atoms with Crippen LogP contribution in [-0.2, 0) is 0 Å². The molecule has 8 heteroatoms. The molecule has 148 valence electrons. The fourth-order valence-corrected chi connectivity index (χ4v) is 4.60. The number of pyridine rings is 1. The van der Waals surface area contributed by atoms with Crippen molar-refractivity contribution < 1.29 is 4.79 Å². The number of rotatable bonds is 3. The summed E-state index contributed by atoms with van der Waals surface area (Å²) in [5.74, 6) is 0.0555. The van der Waals surface area contributed by atoms with Crippen LogP contribution in [0.25, 0.3) is 11.0 Å². The van der Waals surface area contributed by atoms with Gasteiger partial charge in [-0.1, -0.05) is 11.9 Å². The van der Waals surface area contributed by atoms with E-state index in [4.69, 9.17) is 0 Å². The number of amides is 1. The van der Waals surface area contributed by atoms with Crippen molar-refractivity contribution in [3.05, 3.63) is 24.0 Å². The third-order valence-corrected chi connectivity index (χ3v) is 6.91. The highest BCUT2D eigenvalue weighted by atomic mass is 32.2. The number of fused-ring (bicyclic) bond motifs is 1. The molecule has 4 rings (SSSR count). The maximum absolute atomic E-state index is 13.4. The van der Waals surface area contributed by atoms with Crippen molar-refractivity contribution in [1.29, 1.82) is 5.26 Å². The molecule has 1 amide bonds. The van der Waals surface area contributed by atoms with Crippen LogP contribution >= 0.6 is 11.9 Å². The van der Waals surface area contributed by atoms with Gasteiger partial charge in [0.25, 0.3) is 5.91 Å². The maximum atomic E-state index is 13.4. The molecule has 0 saturated carbocycles. The molecule has 4 heterocycles. The topological polar surface area (TPSA) is 79.3 Å². The highest BCUT2D eigenvalue weighted by molar-refractivity contribution is 7.96. The van der Waals surface area contributed by atoms with Crippen LogP contribution in [0.1, 0.15) is 30.1 Å². The van der Waals surface area contributed by atoms with Gasteiger partial charge >= 0.3 is 0 Å². The highest BCUT2D eigenvalue weighted by Crippen LogP contribution is 2.37. The zero-order valence-corrected chi connectivity index (χ0v) is 17.3. The van der Waals surface area contributed by atoms with E-state index in [-0.39, 0.29) is 11.3 Å². The number of aromatic nitrogens is 2. The van der Waals surface area contributed by atoms with Crippen LogP contribution in [0.3, 0.4) is 0 Å². The first-order chi connectivity index (χ1) is 13.5. The van der Waals surface area contributed by atoms with E-state index in [0.29, 0.717) is 5.56 Å². The molecule has 0 atom stereocenters. The normalized spacial score (nSPS) is 20.3. The molecule has 2 aliphatic rings. The smallest absolute Gasteiger partial charge is 0.257 e. The summed E-state index contributed by atoms with van der Waals surface area (Å²) < 4.78 is 2.28. The van der Waals surface area contributed by atoms with E-state index >= 15 is 0 Å². The maximum Gasteiger partial charge on any atom is 0.257 e. The lowest BCUT2D eigenvalue weighted by molar-refractivity contribution is 0.0704. The first-order valence-corrected chi connectivity index (χ1v) is 10.9. The number of nitrogens with one attached hydrogen (secondary N) is 1. The lowest BCUT2D eigenvalue weighted by Gasteiger charge is -2.38. The molecular formula is C20H26N6OS. The van der Waals surface area contributed by atoms with E-state index in [1.165, 1.54) is 0 Å². The second-order valence-corrected chi connectivity index (χ2v) is 8.71. The Hall–Kier alpha value is -2.24. The summed E-state index contributed by atoms with van der Waals surface area (Å²) in [7, 11) is 0. The Morgan fingerprint density at radius 2 is 1.96 bits per heavy atom. The predicted octanol–water partition coefficient (Wildman–Crippen LogP) is 2.73. The molecule has 2 aromatic rings. The number of nitriles is 1. The van der Waals surface area contributed by atoms with E-state index < -0.39 is 0 Å². The molecule has 0 aliphatic carbocycles. The molecular weight excluding hydrogens is 372 g/mol. The van der Waals surface area contributed by atoms with Crippen LogP contribution in [0.15, 0.2) is 18.5 Å². The summed E-state index contributed by atoms with van der Waals surface area (Å²) in [6.07, 6.45) is 7.27. The number of carbonyl (C=O) groups is 1. The number of aromatic amines is 1. The second-order valence-electron chi connectivity index (χ2n) is 7.82. The highest BCUT2D eigenvalue weighted by Gasteiger charge is 2.33. The molecule has 0 spiro atoms. The van der Waals surface area contributed by atoms with E-state index in [2.05, 4.69) is 31.5 Å². The lowest BCUT2D eigenvalue weighted by Crippen LogP contribution is -2.47. The van der Waals surface area contributed by atoms with E-state index in [0.717, 1.165) is 68.8 Å². The van der Waals surface area contributed by atoms with Gasteiger partial charge in [-0.25, -0.2) is 9.29 Å². The van der Waals surface area contributed by atoms with Gasteiger partial charge < -0.3 is 14.8 Å². The minimum atomic E-state index is -0.279. The van der Waals surface area contributed by atoms with Crippen LogP contribution in [0.5, 0.6) is 0 Å². The average Bonchev–Trinajstić information content (AvgIpc) is 3.22.